The molecule has 0 atom stereocenters. The normalized spacial score (nSPS) is 14.7. The number of piperidine rings is 1. The summed E-state index contributed by atoms with van der Waals surface area (Å²) >= 11 is 7.89. The highest BCUT2D eigenvalue weighted by atomic mass is 35.5. The molecule has 1 N–H and O–H groups in total. The van der Waals surface area contributed by atoms with E-state index in [2.05, 4.69) is 32.5 Å². The molecular weight excluding hydrogens is 480 g/mol. The van der Waals surface area contributed by atoms with Crippen LogP contribution in [-0.4, -0.2) is 34.0 Å². The van der Waals surface area contributed by atoms with Crippen molar-refractivity contribution in [2.75, 3.05) is 18.4 Å². The molecule has 6 nitrogen and oxygen atoms in total. The number of nitrogens with zero attached hydrogens (tertiary/aromatic N) is 3. The van der Waals surface area contributed by atoms with Gasteiger partial charge in [-0.25, -0.2) is 0 Å². The van der Waals surface area contributed by atoms with Gasteiger partial charge in [0, 0.05) is 21.3 Å². The van der Waals surface area contributed by atoms with E-state index in [0.717, 1.165) is 47.0 Å². The predicted molar refractivity (Wildman–Crippen MR) is 138 cm³/mol. The van der Waals surface area contributed by atoms with E-state index in [4.69, 9.17) is 16.1 Å². The Morgan fingerprint density at radius 3 is 2.51 bits per heavy atom. The number of carbonyl (C=O) groups excluding carboxylic acids is 1. The van der Waals surface area contributed by atoms with E-state index in [1.54, 1.807) is 11.8 Å². The summed E-state index contributed by atoms with van der Waals surface area (Å²) in [5.41, 5.74) is 1.61. The Labute approximate surface area is 213 Å². The smallest absolute Gasteiger partial charge is 0.241 e. The Balaban J connectivity index is 1.15. The van der Waals surface area contributed by atoms with Crippen molar-refractivity contribution >= 4 is 35.0 Å². The van der Waals surface area contributed by atoms with E-state index in [1.807, 2.05) is 66.7 Å². The monoisotopic (exact) mass is 504 g/mol. The van der Waals surface area contributed by atoms with Gasteiger partial charge in [0.25, 0.3) is 0 Å². The summed E-state index contributed by atoms with van der Waals surface area (Å²) in [6, 6.07) is 25.6. The molecule has 4 aromatic rings. The first-order valence-corrected chi connectivity index (χ1v) is 12.8. The second-order valence-corrected chi connectivity index (χ2v) is 9.97. The number of anilines is 1. The maximum absolute atomic E-state index is 13.0. The molecule has 1 aromatic heterocycles. The number of rotatable bonds is 7. The van der Waals surface area contributed by atoms with Gasteiger partial charge in [-0.15, -0.1) is 0 Å². The molecule has 0 unspecified atom stereocenters. The Hall–Kier alpha value is -3.13. The summed E-state index contributed by atoms with van der Waals surface area (Å²) in [6.07, 6.45) is 1.57. The van der Waals surface area contributed by atoms with Gasteiger partial charge in [-0.05, 0) is 62.3 Å². The topological polar surface area (TPSA) is 71.3 Å². The van der Waals surface area contributed by atoms with Gasteiger partial charge in [0.15, 0.2) is 0 Å². The zero-order valence-electron chi connectivity index (χ0n) is 19.1. The zero-order chi connectivity index (χ0) is 24.0. The van der Waals surface area contributed by atoms with Gasteiger partial charge in [0.1, 0.15) is 0 Å². The number of halogens is 1. The van der Waals surface area contributed by atoms with Crippen LogP contribution in [0.5, 0.6) is 0 Å². The molecule has 1 fully saturated rings. The van der Waals surface area contributed by atoms with E-state index < -0.39 is 0 Å². The lowest BCUT2D eigenvalue weighted by Gasteiger charge is -2.30. The SMILES string of the molecule is O=C(Nc1ccccc1Sc1ccccc1)C1CCN(Cc2nc(-c3ccccc3Cl)no2)CC1. The highest BCUT2D eigenvalue weighted by Gasteiger charge is 2.26. The van der Waals surface area contributed by atoms with Crippen LogP contribution in [0.2, 0.25) is 5.02 Å². The number of nitrogens with one attached hydrogen (secondary N) is 1. The van der Waals surface area contributed by atoms with Gasteiger partial charge < -0.3 is 9.84 Å². The first kappa shape index (κ1) is 23.6. The minimum absolute atomic E-state index is 0.0256. The molecule has 0 saturated carbocycles. The molecule has 1 amide bonds. The molecule has 2 heterocycles. The van der Waals surface area contributed by atoms with Crippen LogP contribution in [0.15, 0.2) is 93.2 Å². The maximum atomic E-state index is 13.0. The average Bonchev–Trinajstić information content (AvgIpc) is 3.35. The first-order chi connectivity index (χ1) is 17.2. The highest BCUT2D eigenvalue weighted by Crippen LogP contribution is 2.34. The molecule has 8 heteroatoms. The number of amides is 1. The molecule has 35 heavy (non-hydrogen) atoms. The average molecular weight is 505 g/mol. The van der Waals surface area contributed by atoms with Crippen LogP contribution >= 0.6 is 23.4 Å². The lowest BCUT2D eigenvalue weighted by molar-refractivity contribution is -0.121. The van der Waals surface area contributed by atoms with E-state index in [9.17, 15) is 4.79 Å². The summed E-state index contributed by atoms with van der Waals surface area (Å²) in [5.74, 6) is 1.09. The second kappa shape index (κ2) is 11.1. The highest BCUT2D eigenvalue weighted by molar-refractivity contribution is 7.99. The Morgan fingerprint density at radius 1 is 1.00 bits per heavy atom. The Morgan fingerprint density at radius 2 is 1.71 bits per heavy atom. The third kappa shape index (κ3) is 5.93. The zero-order valence-corrected chi connectivity index (χ0v) is 20.6. The fourth-order valence-electron chi connectivity index (χ4n) is 4.12. The number of likely N-dealkylation sites (tertiary alicyclic amines) is 1. The third-order valence-corrected chi connectivity index (χ3v) is 7.43. The van der Waals surface area contributed by atoms with Crippen molar-refractivity contribution in [3.05, 3.63) is 89.8 Å². The minimum Gasteiger partial charge on any atom is -0.338 e. The van der Waals surface area contributed by atoms with Crippen LogP contribution in [0, 0.1) is 5.92 Å². The fraction of sp³-hybridized carbons (Fsp3) is 0.222. The minimum atomic E-state index is -0.0256. The van der Waals surface area contributed by atoms with Gasteiger partial charge in [-0.1, -0.05) is 71.0 Å². The van der Waals surface area contributed by atoms with Gasteiger partial charge in [-0.2, -0.15) is 4.98 Å². The maximum Gasteiger partial charge on any atom is 0.241 e. The van der Waals surface area contributed by atoms with Gasteiger partial charge in [-0.3, -0.25) is 9.69 Å². The van der Waals surface area contributed by atoms with E-state index in [0.29, 0.717) is 23.3 Å². The van der Waals surface area contributed by atoms with Crippen LogP contribution in [0.1, 0.15) is 18.7 Å². The summed E-state index contributed by atoms with van der Waals surface area (Å²) in [4.78, 5) is 22.0. The van der Waals surface area contributed by atoms with Crippen LogP contribution in [-0.2, 0) is 11.3 Å². The van der Waals surface area contributed by atoms with Crippen molar-refractivity contribution in [1.82, 2.24) is 15.0 Å². The summed E-state index contributed by atoms with van der Waals surface area (Å²) < 4.78 is 5.45. The molecule has 5 rings (SSSR count). The molecule has 0 aliphatic carbocycles. The second-order valence-electron chi connectivity index (χ2n) is 8.44. The molecule has 1 saturated heterocycles. The van der Waals surface area contributed by atoms with Crippen molar-refractivity contribution < 1.29 is 9.32 Å². The summed E-state index contributed by atoms with van der Waals surface area (Å²) in [5, 5.41) is 7.83. The van der Waals surface area contributed by atoms with Crippen molar-refractivity contribution in [3.63, 3.8) is 0 Å². The van der Waals surface area contributed by atoms with Crippen molar-refractivity contribution in [2.24, 2.45) is 5.92 Å². The number of carbonyl (C=O) groups is 1. The summed E-state index contributed by atoms with van der Waals surface area (Å²) in [7, 11) is 0. The molecule has 3 aromatic carbocycles. The number of hydrogen-bond donors (Lipinski definition) is 1. The van der Waals surface area contributed by atoms with Gasteiger partial charge in [0.05, 0.1) is 17.3 Å². The fourth-order valence-corrected chi connectivity index (χ4v) is 5.27. The molecule has 1 aliphatic rings. The van der Waals surface area contributed by atoms with Crippen molar-refractivity contribution in [3.8, 4) is 11.4 Å². The molecule has 1 aliphatic heterocycles. The first-order valence-electron chi connectivity index (χ1n) is 11.6. The predicted octanol–water partition coefficient (Wildman–Crippen LogP) is 6.39. The standard InChI is InChI=1S/C27H25ClN4O2S/c28-22-11-5-4-10-21(22)26-30-25(34-31-26)18-32-16-14-19(15-17-32)27(33)29-23-12-6-7-13-24(23)35-20-8-2-1-3-9-20/h1-13,19H,14-18H2,(H,29,33). The van der Waals surface area contributed by atoms with Gasteiger partial charge in [0.2, 0.25) is 17.6 Å². The van der Waals surface area contributed by atoms with Crippen LogP contribution in [0.3, 0.4) is 0 Å². The number of aromatic nitrogens is 2. The van der Waals surface area contributed by atoms with Gasteiger partial charge >= 0.3 is 0 Å². The van der Waals surface area contributed by atoms with E-state index >= 15 is 0 Å². The van der Waals surface area contributed by atoms with E-state index in [1.165, 1.54) is 0 Å². The van der Waals surface area contributed by atoms with Crippen LogP contribution in [0.25, 0.3) is 11.4 Å². The largest absolute Gasteiger partial charge is 0.338 e. The Kier molecular flexibility index (Phi) is 7.47. The quantitative estimate of drug-likeness (QED) is 0.314. The Bertz CT molecular complexity index is 1290. The number of para-hydroxylation sites is 1. The molecule has 0 spiro atoms. The van der Waals surface area contributed by atoms with E-state index in [-0.39, 0.29) is 11.8 Å². The number of benzene rings is 3. The van der Waals surface area contributed by atoms with Crippen LogP contribution < -0.4 is 5.32 Å². The third-order valence-electron chi connectivity index (χ3n) is 6.02. The number of hydrogen-bond acceptors (Lipinski definition) is 6. The molecule has 0 bridgehead atoms. The summed E-state index contributed by atoms with van der Waals surface area (Å²) in [6.45, 7) is 2.15. The molecular formula is C27H25ClN4O2S. The van der Waals surface area contributed by atoms with Crippen LogP contribution in [0.4, 0.5) is 5.69 Å². The van der Waals surface area contributed by atoms with Crippen molar-refractivity contribution in [2.45, 2.75) is 29.2 Å². The lowest BCUT2D eigenvalue weighted by Crippen LogP contribution is -2.37. The molecule has 0 radical (unpaired) electrons. The lowest BCUT2D eigenvalue weighted by atomic mass is 9.96. The molecule has 178 valence electrons. The van der Waals surface area contributed by atoms with Crippen molar-refractivity contribution in [1.29, 1.82) is 0 Å².